The molecule has 0 saturated heterocycles. The molecule has 0 atom stereocenters. The molecule has 0 bridgehead atoms. The number of carbonyl (C=O) groups is 1. The van der Waals surface area contributed by atoms with Crippen molar-refractivity contribution in [1.29, 1.82) is 0 Å². The molecule has 3 N–H and O–H groups in total. The number of rotatable bonds is 6. The molecule has 3 aromatic rings. The van der Waals surface area contributed by atoms with Crippen molar-refractivity contribution in [1.82, 2.24) is 0 Å². The summed E-state index contributed by atoms with van der Waals surface area (Å²) in [6.45, 7) is 5.70. The first kappa shape index (κ1) is 20.6. The average Bonchev–Trinajstić information content (AvgIpc) is 2.68. The van der Waals surface area contributed by atoms with Gasteiger partial charge in [0.25, 0.3) is 5.91 Å². The molecule has 0 unspecified atom stereocenters. The second-order valence-corrected chi connectivity index (χ2v) is 7.93. The first-order chi connectivity index (χ1) is 13.7. The van der Waals surface area contributed by atoms with Gasteiger partial charge in [0.1, 0.15) is 11.1 Å². The third-order valence-corrected chi connectivity index (χ3v) is 5.46. The van der Waals surface area contributed by atoms with Gasteiger partial charge in [0.05, 0.1) is 4.90 Å². The number of hydrogen-bond donors (Lipinski definition) is 2. The summed E-state index contributed by atoms with van der Waals surface area (Å²) in [7, 11) is -3.83. The van der Waals surface area contributed by atoms with Crippen LogP contribution >= 0.6 is 0 Å². The van der Waals surface area contributed by atoms with Crippen molar-refractivity contribution < 1.29 is 17.6 Å². The van der Waals surface area contributed by atoms with Crippen LogP contribution in [0.5, 0.6) is 0 Å². The van der Waals surface area contributed by atoms with E-state index in [1.54, 1.807) is 12.1 Å². The Hall–Kier alpha value is -3.17. The van der Waals surface area contributed by atoms with Crippen LogP contribution in [0.1, 0.15) is 24.2 Å². The summed E-state index contributed by atoms with van der Waals surface area (Å²) in [4.78, 5) is 26.9. The summed E-state index contributed by atoms with van der Waals surface area (Å²) >= 11 is 0. The number of amides is 1. The van der Waals surface area contributed by atoms with E-state index in [2.05, 4.69) is 10.2 Å². The zero-order valence-corrected chi connectivity index (χ0v) is 16.8. The molecule has 2 aromatic carbocycles. The zero-order valence-electron chi connectivity index (χ0n) is 16.0. The van der Waals surface area contributed by atoms with E-state index in [9.17, 15) is 18.0 Å². The molecule has 1 heterocycles. The fraction of sp³-hybridized carbons (Fsp3) is 0.200. The second-order valence-electron chi connectivity index (χ2n) is 6.37. The van der Waals surface area contributed by atoms with Crippen molar-refractivity contribution in [3.63, 3.8) is 0 Å². The molecule has 0 radical (unpaired) electrons. The Balaban J connectivity index is 1.89. The van der Waals surface area contributed by atoms with Crippen molar-refractivity contribution in [2.45, 2.75) is 18.7 Å². The summed E-state index contributed by atoms with van der Waals surface area (Å²) in [6.07, 6.45) is 0. The summed E-state index contributed by atoms with van der Waals surface area (Å²) in [5.41, 5.74) is 0.737. The van der Waals surface area contributed by atoms with Gasteiger partial charge < -0.3 is 14.6 Å². The quantitative estimate of drug-likeness (QED) is 0.597. The van der Waals surface area contributed by atoms with Crippen molar-refractivity contribution in [2.24, 2.45) is 5.14 Å². The molecule has 8 nitrogen and oxygen atoms in total. The number of sulfonamides is 1. The van der Waals surface area contributed by atoms with Crippen LogP contribution in [0.3, 0.4) is 0 Å². The molecule has 1 amide bonds. The van der Waals surface area contributed by atoms with Crippen LogP contribution in [0, 0.1) is 0 Å². The van der Waals surface area contributed by atoms with E-state index >= 15 is 0 Å². The van der Waals surface area contributed by atoms with Crippen LogP contribution in [0.2, 0.25) is 0 Å². The van der Waals surface area contributed by atoms with Gasteiger partial charge in [-0.25, -0.2) is 18.4 Å². The summed E-state index contributed by atoms with van der Waals surface area (Å²) in [6, 6.07) is 12.3. The maximum absolute atomic E-state index is 12.5. The molecular weight excluding hydrogens is 394 g/mol. The Bertz CT molecular complexity index is 1210. The Kier molecular flexibility index (Phi) is 5.71. The number of nitrogens with one attached hydrogen (secondary N) is 1. The topological polar surface area (TPSA) is 123 Å². The largest absolute Gasteiger partial charge is 0.422 e. The van der Waals surface area contributed by atoms with Gasteiger partial charge in [-0.3, -0.25) is 4.79 Å². The lowest BCUT2D eigenvalue weighted by atomic mass is 10.1. The maximum atomic E-state index is 12.5. The summed E-state index contributed by atoms with van der Waals surface area (Å²) in [5, 5.41) is 8.22. The minimum atomic E-state index is -3.83. The van der Waals surface area contributed by atoms with Gasteiger partial charge in [-0.05, 0) is 56.3 Å². The van der Waals surface area contributed by atoms with Crippen LogP contribution in [-0.4, -0.2) is 27.4 Å². The van der Waals surface area contributed by atoms with Gasteiger partial charge in [0.15, 0.2) is 0 Å². The fourth-order valence-corrected chi connectivity index (χ4v) is 3.49. The Labute approximate surface area is 168 Å². The van der Waals surface area contributed by atoms with Crippen molar-refractivity contribution in [3.8, 4) is 0 Å². The summed E-state index contributed by atoms with van der Waals surface area (Å²) in [5.74, 6) is -0.656. The lowest BCUT2D eigenvalue weighted by molar-refractivity contribution is 0.102. The molecule has 1 aromatic heterocycles. The number of nitrogens with zero attached hydrogens (tertiary/aromatic N) is 1. The number of anilines is 2. The van der Waals surface area contributed by atoms with Gasteiger partial charge in [-0.2, -0.15) is 0 Å². The fourth-order valence-electron chi connectivity index (χ4n) is 2.97. The summed E-state index contributed by atoms with van der Waals surface area (Å²) < 4.78 is 27.9. The van der Waals surface area contributed by atoms with Crippen LogP contribution in [0.4, 0.5) is 11.4 Å². The smallest absolute Gasteiger partial charge is 0.349 e. The van der Waals surface area contributed by atoms with E-state index in [4.69, 9.17) is 9.56 Å². The molecule has 3 rings (SSSR count). The number of carbonyl (C=O) groups excluding carboxylic acids is 1. The average molecular weight is 415 g/mol. The molecule has 0 aliphatic heterocycles. The maximum Gasteiger partial charge on any atom is 0.349 e. The predicted molar refractivity (Wildman–Crippen MR) is 112 cm³/mol. The van der Waals surface area contributed by atoms with Gasteiger partial charge in [0.2, 0.25) is 10.0 Å². The van der Waals surface area contributed by atoms with Gasteiger partial charge in [-0.1, -0.05) is 0 Å². The van der Waals surface area contributed by atoms with E-state index in [1.165, 1.54) is 30.3 Å². The first-order valence-corrected chi connectivity index (χ1v) is 10.5. The SMILES string of the molecule is CCN(CC)c1ccc2cc(C(=O)Nc3ccc(S(N)(=O)=O)cc3)c(=O)oc2c1. The van der Waals surface area contributed by atoms with E-state index in [0.717, 1.165) is 18.8 Å². The van der Waals surface area contributed by atoms with Crippen molar-refractivity contribution >= 4 is 38.3 Å². The van der Waals surface area contributed by atoms with Crippen LogP contribution < -0.4 is 21.0 Å². The standard InChI is InChI=1S/C20H21N3O5S/c1-3-23(4-2)15-8-5-13-11-17(20(25)28-18(13)12-15)19(24)22-14-6-9-16(10-7-14)29(21,26)27/h5-12H,3-4H2,1-2H3,(H,22,24)(H2,21,26,27). The Morgan fingerprint density at radius 1 is 1.07 bits per heavy atom. The van der Waals surface area contributed by atoms with Gasteiger partial charge >= 0.3 is 5.63 Å². The monoisotopic (exact) mass is 415 g/mol. The van der Waals surface area contributed by atoms with E-state index < -0.39 is 21.6 Å². The van der Waals surface area contributed by atoms with Crippen LogP contribution in [0.25, 0.3) is 11.0 Å². The van der Waals surface area contributed by atoms with Crippen LogP contribution in [-0.2, 0) is 10.0 Å². The number of nitrogens with two attached hydrogens (primary N) is 1. The molecule has 29 heavy (non-hydrogen) atoms. The Morgan fingerprint density at radius 3 is 2.31 bits per heavy atom. The molecule has 0 saturated carbocycles. The highest BCUT2D eigenvalue weighted by atomic mass is 32.2. The van der Waals surface area contributed by atoms with E-state index in [1.807, 2.05) is 19.9 Å². The van der Waals surface area contributed by atoms with Crippen molar-refractivity contribution in [3.05, 3.63) is 64.5 Å². The zero-order chi connectivity index (χ0) is 21.2. The minimum Gasteiger partial charge on any atom is -0.422 e. The minimum absolute atomic E-state index is 0.0790. The number of hydrogen-bond acceptors (Lipinski definition) is 6. The van der Waals surface area contributed by atoms with E-state index in [0.29, 0.717) is 16.7 Å². The molecular formula is C20H21N3O5S. The third kappa shape index (κ3) is 4.47. The van der Waals surface area contributed by atoms with Gasteiger partial charge in [-0.15, -0.1) is 0 Å². The Morgan fingerprint density at radius 2 is 1.72 bits per heavy atom. The third-order valence-electron chi connectivity index (χ3n) is 4.53. The number of fused-ring (bicyclic) bond motifs is 1. The highest BCUT2D eigenvalue weighted by Crippen LogP contribution is 2.22. The van der Waals surface area contributed by atoms with E-state index in [-0.39, 0.29) is 10.5 Å². The lowest BCUT2D eigenvalue weighted by Gasteiger charge is -2.21. The molecule has 9 heteroatoms. The molecule has 152 valence electrons. The van der Waals surface area contributed by atoms with Crippen LogP contribution in [0.15, 0.2) is 62.6 Å². The number of benzene rings is 2. The molecule has 0 fully saturated rings. The highest BCUT2D eigenvalue weighted by Gasteiger charge is 2.15. The molecule has 0 aliphatic rings. The molecule has 0 spiro atoms. The first-order valence-electron chi connectivity index (χ1n) is 9.00. The lowest BCUT2D eigenvalue weighted by Crippen LogP contribution is -2.22. The predicted octanol–water partition coefficient (Wildman–Crippen LogP) is 2.54. The van der Waals surface area contributed by atoms with Gasteiger partial charge in [0, 0.05) is 35.9 Å². The highest BCUT2D eigenvalue weighted by molar-refractivity contribution is 7.89. The normalized spacial score (nSPS) is 11.4. The molecule has 0 aliphatic carbocycles. The second kappa shape index (κ2) is 8.06. The van der Waals surface area contributed by atoms with Crippen molar-refractivity contribution in [2.75, 3.05) is 23.3 Å². The number of primary sulfonamides is 1.